The predicted molar refractivity (Wildman–Crippen MR) is 135 cm³/mol. The van der Waals surface area contributed by atoms with Gasteiger partial charge in [-0.15, -0.1) is 0 Å². The molecule has 3 amide bonds. The number of nitrogens with zero attached hydrogens (tertiary/aromatic N) is 3. The first-order valence-corrected chi connectivity index (χ1v) is 13.3. The summed E-state index contributed by atoms with van der Waals surface area (Å²) >= 11 is 6.11. The molecule has 1 saturated carbocycles. The van der Waals surface area contributed by atoms with Crippen LogP contribution in [0.4, 0.5) is 4.79 Å². The lowest BCUT2D eigenvalue weighted by Crippen LogP contribution is -2.46. The highest BCUT2D eigenvalue weighted by Crippen LogP contribution is 2.47. The number of hydrogen-bond acceptors (Lipinski definition) is 4. The summed E-state index contributed by atoms with van der Waals surface area (Å²) < 4.78 is 5.46. The Bertz CT molecular complexity index is 925. The van der Waals surface area contributed by atoms with Gasteiger partial charge in [-0.3, -0.25) is 9.59 Å². The third-order valence-corrected chi connectivity index (χ3v) is 8.31. The Kier molecular flexibility index (Phi) is 7.94. The van der Waals surface area contributed by atoms with Gasteiger partial charge < -0.3 is 19.4 Å². The molecule has 0 spiro atoms. The number of carbonyl (C=O) groups is 3. The molecule has 35 heavy (non-hydrogen) atoms. The van der Waals surface area contributed by atoms with Crippen LogP contribution in [0.3, 0.4) is 0 Å². The Hall–Kier alpha value is -2.28. The lowest BCUT2D eigenvalue weighted by Gasteiger charge is -2.34. The third kappa shape index (κ3) is 5.76. The van der Waals surface area contributed by atoms with Crippen LogP contribution in [0.2, 0.25) is 5.02 Å². The van der Waals surface area contributed by atoms with Gasteiger partial charge in [0, 0.05) is 55.5 Å². The minimum Gasteiger partial charge on any atom is -0.449 e. The molecular weight excluding hydrogens is 466 g/mol. The van der Waals surface area contributed by atoms with Crippen molar-refractivity contribution >= 4 is 29.5 Å². The normalized spacial score (nSPS) is 23.8. The van der Waals surface area contributed by atoms with E-state index < -0.39 is 0 Å². The van der Waals surface area contributed by atoms with Gasteiger partial charge in [-0.1, -0.05) is 44.0 Å². The van der Waals surface area contributed by atoms with Crippen molar-refractivity contribution in [1.82, 2.24) is 14.7 Å². The van der Waals surface area contributed by atoms with Crippen LogP contribution in [0.1, 0.15) is 63.9 Å². The first-order chi connectivity index (χ1) is 16.7. The Morgan fingerprint density at radius 2 is 1.74 bits per heavy atom. The van der Waals surface area contributed by atoms with Gasteiger partial charge in [0.15, 0.2) is 0 Å². The second-order valence-electron chi connectivity index (χ2n) is 10.7. The molecule has 0 unspecified atom stereocenters. The molecule has 0 bridgehead atoms. The standard InChI is InChI=1S/C27H38ClN3O4/c1-4-5-16-35-26(34)29(3)23-18-31(17-22(23)19-6-8-21(28)9-7-19)24(32)20-10-14-30(15-11-20)25(33)27(2)12-13-27/h6-9,20,22-23H,4-5,10-18H2,1-3H3/t22-,23+/m1/s1. The molecule has 3 fully saturated rings. The number of halogens is 1. The quantitative estimate of drug-likeness (QED) is 0.512. The van der Waals surface area contributed by atoms with Gasteiger partial charge in [-0.05, 0) is 49.8 Å². The summed E-state index contributed by atoms with van der Waals surface area (Å²) in [6.45, 7) is 6.81. The molecule has 8 heteroatoms. The summed E-state index contributed by atoms with van der Waals surface area (Å²) in [7, 11) is 1.76. The zero-order valence-corrected chi connectivity index (χ0v) is 21.9. The Labute approximate surface area is 213 Å². The summed E-state index contributed by atoms with van der Waals surface area (Å²) in [5, 5.41) is 0.657. The second-order valence-corrected chi connectivity index (χ2v) is 11.1. The zero-order valence-electron chi connectivity index (χ0n) is 21.2. The van der Waals surface area contributed by atoms with Crippen molar-refractivity contribution in [2.24, 2.45) is 11.3 Å². The summed E-state index contributed by atoms with van der Waals surface area (Å²) in [5.74, 6) is 0.272. The Morgan fingerprint density at radius 3 is 2.34 bits per heavy atom. The molecule has 1 aliphatic carbocycles. The van der Waals surface area contributed by atoms with Crippen LogP contribution < -0.4 is 0 Å². The summed E-state index contributed by atoms with van der Waals surface area (Å²) in [4.78, 5) is 44.5. The van der Waals surface area contributed by atoms with Crippen LogP contribution in [0.15, 0.2) is 24.3 Å². The van der Waals surface area contributed by atoms with Gasteiger partial charge in [-0.25, -0.2) is 4.79 Å². The molecular formula is C27H38ClN3O4. The van der Waals surface area contributed by atoms with E-state index in [1.165, 1.54) is 0 Å². The van der Waals surface area contributed by atoms with E-state index in [1.807, 2.05) is 41.0 Å². The van der Waals surface area contributed by atoms with Gasteiger partial charge in [0.2, 0.25) is 11.8 Å². The molecule has 0 aromatic heterocycles. The highest BCUT2D eigenvalue weighted by atomic mass is 35.5. The van der Waals surface area contributed by atoms with Crippen molar-refractivity contribution in [3.63, 3.8) is 0 Å². The molecule has 7 nitrogen and oxygen atoms in total. The molecule has 3 aliphatic rings. The number of rotatable bonds is 7. The van der Waals surface area contributed by atoms with E-state index >= 15 is 0 Å². The van der Waals surface area contributed by atoms with Gasteiger partial charge in [0.1, 0.15) is 0 Å². The SMILES string of the molecule is CCCCOC(=O)N(C)[C@H]1CN(C(=O)C2CCN(C(=O)C3(C)CC3)CC2)C[C@@H]1c1ccc(Cl)cc1. The number of benzene rings is 1. The fourth-order valence-corrected chi connectivity index (χ4v) is 5.43. The second kappa shape index (κ2) is 10.8. The Balaban J connectivity index is 1.42. The van der Waals surface area contributed by atoms with Gasteiger partial charge in [0.05, 0.1) is 12.6 Å². The van der Waals surface area contributed by atoms with E-state index in [9.17, 15) is 14.4 Å². The number of unbranched alkanes of at least 4 members (excludes halogenated alkanes) is 1. The predicted octanol–water partition coefficient (Wildman–Crippen LogP) is 4.54. The van der Waals surface area contributed by atoms with E-state index in [0.717, 1.165) is 31.2 Å². The average Bonchev–Trinajstić information content (AvgIpc) is 3.47. The molecule has 192 valence electrons. The molecule has 0 radical (unpaired) electrons. The fourth-order valence-electron chi connectivity index (χ4n) is 5.31. The number of hydrogen-bond donors (Lipinski definition) is 0. The van der Waals surface area contributed by atoms with Crippen LogP contribution in [0.25, 0.3) is 0 Å². The van der Waals surface area contributed by atoms with E-state index in [4.69, 9.17) is 16.3 Å². The van der Waals surface area contributed by atoms with Crippen LogP contribution in [-0.2, 0) is 14.3 Å². The third-order valence-electron chi connectivity index (χ3n) is 8.06. The number of amides is 3. The minimum atomic E-state index is -0.350. The molecule has 4 rings (SSSR count). The maximum atomic E-state index is 13.5. The summed E-state index contributed by atoms with van der Waals surface area (Å²) in [6, 6.07) is 7.49. The van der Waals surface area contributed by atoms with E-state index in [0.29, 0.717) is 50.7 Å². The molecule has 1 aromatic carbocycles. The lowest BCUT2D eigenvalue weighted by molar-refractivity contribution is -0.142. The van der Waals surface area contributed by atoms with Crippen LogP contribution in [-0.4, -0.2) is 78.5 Å². The van der Waals surface area contributed by atoms with E-state index in [2.05, 4.69) is 6.92 Å². The maximum Gasteiger partial charge on any atom is 0.409 e. The fraction of sp³-hybridized carbons (Fsp3) is 0.667. The average molecular weight is 504 g/mol. The van der Waals surface area contributed by atoms with Crippen molar-refractivity contribution in [3.8, 4) is 0 Å². The first-order valence-electron chi connectivity index (χ1n) is 13.0. The van der Waals surface area contributed by atoms with Crippen LogP contribution >= 0.6 is 11.6 Å². The van der Waals surface area contributed by atoms with Gasteiger partial charge >= 0.3 is 6.09 Å². The Morgan fingerprint density at radius 1 is 1.09 bits per heavy atom. The molecule has 2 saturated heterocycles. The van der Waals surface area contributed by atoms with Gasteiger partial charge in [0.25, 0.3) is 0 Å². The van der Waals surface area contributed by atoms with E-state index in [-0.39, 0.29) is 41.2 Å². The van der Waals surface area contributed by atoms with Crippen molar-refractivity contribution in [2.45, 2.75) is 64.3 Å². The molecule has 0 N–H and O–H groups in total. The van der Waals surface area contributed by atoms with Crippen molar-refractivity contribution in [1.29, 1.82) is 0 Å². The number of carbonyl (C=O) groups excluding carboxylic acids is 3. The number of likely N-dealkylation sites (tertiary alicyclic amines) is 2. The number of ether oxygens (including phenoxy) is 1. The lowest BCUT2D eigenvalue weighted by atomic mass is 9.93. The van der Waals surface area contributed by atoms with Crippen molar-refractivity contribution in [3.05, 3.63) is 34.9 Å². The minimum absolute atomic E-state index is 0.0172. The maximum absolute atomic E-state index is 13.5. The smallest absolute Gasteiger partial charge is 0.409 e. The van der Waals surface area contributed by atoms with Crippen molar-refractivity contribution < 1.29 is 19.1 Å². The van der Waals surface area contributed by atoms with E-state index in [1.54, 1.807) is 11.9 Å². The van der Waals surface area contributed by atoms with Gasteiger partial charge in [-0.2, -0.15) is 0 Å². The zero-order chi connectivity index (χ0) is 25.2. The topological polar surface area (TPSA) is 70.2 Å². The molecule has 1 aromatic rings. The monoisotopic (exact) mass is 503 g/mol. The highest BCUT2D eigenvalue weighted by molar-refractivity contribution is 6.30. The first kappa shape index (κ1) is 25.8. The largest absolute Gasteiger partial charge is 0.449 e. The molecule has 2 aliphatic heterocycles. The van der Waals surface area contributed by atoms with Crippen LogP contribution in [0.5, 0.6) is 0 Å². The molecule has 2 atom stereocenters. The highest BCUT2D eigenvalue weighted by Gasteiger charge is 2.48. The summed E-state index contributed by atoms with van der Waals surface area (Å²) in [6.07, 6.45) is 4.78. The molecule has 2 heterocycles. The number of likely N-dealkylation sites (N-methyl/N-ethyl adjacent to an activating group) is 1. The number of piperidine rings is 1. The van der Waals surface area contributed by atoms with Crippen LogP contribution in [0, 0.1) is 11.3 Å². The summed E-state index contributed by atoms with van der Waals surface area (Å²) in [5.41, 5.74) is 0.891. The van der Waals surface area contributed by atoms with Crippen molar-refractivity contribution in [2.75, 3.05) is 39.8 Å².